The SMILES string of the molecule is Cc1cc(C(=O)CSc2nc3ccccc3c(=O)n2C)c(C)n1-c1cccc(F)c1. The van der Waals surface area contributed by atoms with Crippen LogP contribution in [0.25, 0.3) is 16.6 Å². The Labute approximate surface area is 177 Å². The first-order valence-electron chi connectivity index (χ1n) is 9.43. The lowest BCUT2D eigenvalue weighted by molar-refractivity contribution is 0.102. The number of hydrogen-bond donors (Lipinski definition) is 0. The number of thioether (sulfide) groups is 1. The van der Waals surface area contributed by atoms with E-state index in [-0.39, 0.29) is 22.9 Å². The van der Waals surface area contributed by atoms with Crippen LogP contribution in [-0.4, -0.2) is 25.7 Å². The minimum atomic E-state index is -0.327. The van der Waals surface area contributed by atoms with Gasteiger partial charge in [-0.05, 0) is 50.2 Å². The Morgan fingerprint density at radius 1 is 1.10 bits per heavy atom. The number of hydrogen-bond acceptors (Lipinski definition) is 4. The fourth-order valence-corrected chi connectivity index (χ4v) is 4.45. The zero-order valence-electron chi connectivity index (χ0n) is 16.8. The Hall–Kier alpha value is -3.19. The summed E-state index contributed by atoms with van der Waals surface area (Å²) in [5.74, 6) is -0.253. The molecular weight excluding hydrogens is 401 g/mol. The fourth-order valence-electron chi connectivity index (χ4n) is 3.59. The minimum Gasteiger partial charge on any atom is -0.318 e. The van der Waals surface area contributed by atoms with Crippen LogP contribution in [0.3, 0.4) is 0 Å². The van der Waals surface area contributed by atoms with Gasteiger partial charge < -0.3 is 4.57 Å². The molecule has 0 radical (unpaired) electrons. The third-order valence-corrected chi connectivity index (χ3v) is 6.10. The maximum absolute atomic E-state index is 13.7. The minimum absolute atomic E-state index is 0.0711. The Balaban J connectivity index is 1.61. The molecule has 4 rings (SSSR count). The van der Waals surface area contributed by atoms with Gasteiger partial charge in [-0.15, -0.1) is 0 Å². The summed E-state index contributed by atoms with van der Waals surface area (Å²) in [6.07, 6.45) is 0. The molecule has 30 heavy (non-hydrogen) atoms. The number of halogens is 1. The number of nitrogens with zero attached hydrogens (tertiary/aromatic N) is 3. The van der Waals surface area contributed by atoms with Gasteiger partial charge in [-0.3, -0.25) is 14.2 Å². The molecule has 0 N–H and O–H groups in total. The monoisotopic (exact) mass is 421 g/mol. The Bertz CT molecular complexity index is 1340. The lowest BCUT2D eigenvalue weighted by atomic mass is 10.2. The van der Waals surface area contributed by atoms with Crippen LogP contribution in [0.2, 0.25) is 0 Å². The van der Waals surface area contributed by atoms with E-state index in [4.69, 9.17) is 0 Å². The quantitative estimate of drug-likeness (QED) is 0.271. The summed E-state index contributed by atoms with van der Waals surface area (Å²) in [6, 6.07) is 15.3. The third kappa shape index (κ3) is 3.57. The number of rotatable bonds is 5. The number of para-hydroxylation sites is 1. The van der Waals surface area contributed by atoms with Crippen molar-refractivity contribution in [3.8, 4) is 5.69 Å². The predicted octanol–water partition coefficient (Wildman–Crippen LogP) is 4.46. The highest BCUT2D eigenvalue weighted by Crippen LogP contribution is 2.24. The molecule has 0 aliphatic carbocycles. The van der Waals surface area contributed by atoms with Gasteiger partial charge in [0.05, 0.1) is 16.7 Å². The summed E-state index contributed by atoms with van der Waals surface area (Å²) in [5, 5.41) is 1.04. The molecule has 2 aromatic heterocycles. The number of ketones is 1. The van der Waals surface area contributed by atoms with Crippen molar-refractivity contribution in [1.82, 2.24) is 14.1 Å². The average Bonchev–Trinajstić information content (AvgIpc) is 3.03. The van der Waals surface area contributed by atoms with Crippen LogP contribution in [0.4, 0.5) is 4.39 Å². The van der Waals surface area contributed by atoms with Gasteiger partial charge in [0.1, 0.15) is 5.82 Å². The van der Waals surface area contributed by atoms with E-state index in [1.54, 1.807) is 37.4 Å². The summed E-state index contributed by atoms with van der Waals surface area (Å²) >= 11 is 1.23. The highest BCUT2D eigenvalue weighted by molar-refractivity contribution is 7.99. The van der Waals surface area contributed by atoms with Crippen molar-refractivity contribution in [3.63, 3.8) is 0 Å². The Morgan fingerprint density at radius 2 is 1.87 bits per heavy atom. The summed E-state index contributed by atoms with van der Waals surface area (Å²) in [5.41, 5.74) is 3.33. The molecule has 0 amide bonds. The molecule has 0 fully saturated rings. The molecule has 0 unspecified atom stereocenters. The molecular formula is C23H20FN3O2S. The number of fused-ring (bicyclic) bond motifs is 1. The van der Waals surface area contributed by atoms with Gasteiger partial charge >= 0.3 is 0 Å². The number of benzene rings is 2. The molecule has 0 aliphatic rings. The standard InChI is InChI=1S/C23H20FN3O2S/c1-14-11-19(15(2)27(14)17-8-6-7-16(24)12-17)21(28)13-30-23-25-20-10-5-4-9-18(20)22(29)26(23)3/h4-12H,13H2,1-3H3. The second-order valence-electron chi connectivity index (χ2n) is 7.09. The largest absolute Gasteiger partial charge is 0.318 e. The average molecular weight is 421 g/mol. The van der Waals surface area contributed by atoms with Gasteiger partial charge in [-0.25, -0.2) is 9.37 Å². The fraction of sp³-hybridized carbons (Fsp3) is 0.174. The molecule has 0 saturated heterocycles. The maximum Gasteiger partial charge on any atom is 0.261 e. The number of aromatic nitrogens is 3. The van der Waals surface area contributed by atoms with Gasteiger partial charge in [0.25, 0.3) is 5.56 Å². The number of carbonyl (C=O) groups excluding carboxylic acids is 1. The van der Waals surface area contributed by atoms with Crippen molar-refractivity contribution >= 4 is 28.4 Å². The lowest BCUT2D eigenvalue weighted by Gasteiger charge is -2.10. The van der Waals surface area contributed by atoms with Crippen molar-refractivity contribution in [2.45, 2.75) is 19.0 Å². The Kier molecular flexibility index (Phi) is 5.30. The van der Waals surface area contributed by atoms with E-state index in [0.29, 0.717) is 27.3 Å². The molecule has 0 aliphatic heterocycles. The molecule has 5 nitrogen and oxygen atoms in total. The van der Waals surface area contributed by atoms with Crippen LogP contribution in [-0.2, 0) is 7.05 Å². The first kappa shape index (κ1) is 20.1. The summed E-state index contributed by atoms with van der Waals surface area (Å²) < 4.78 is 17.0. The molecule has 0 spiro atoms. The van der Waals surface area contributed by atoms with E-state index in [1.165, 1.54) is 28.5 Å². The Morgan fingerprint density at radius 3 is 2.63 bits per heavy atom. The van der Waals surface area contributed by atoms with Gasteiger partial charge in [0.2, 0.25) is 0 Å². The summed E-state index contributed by atoms with van der Waals surface area (Å²) in [6.45, 7) is 3.73. The third-order valence-electron chi connectivity index (χ3n) is 5.07. The van der Waals surface area contributed by atoms with Crippen LogP contribution >= 0.6 is 11.8 Å². The summed E-state index contributed by atoms with van der Waals surface area (Å²) in [4.78, 5) is 30.0. The second-order valence-corrected chi connectivity index (χ2v) is 8.03. The van der Waals surface area contributed by atoms with Gasteiger partial charge in [-0.2, -0.15) is 0 Å². The number of carbonyl (C=O) groups is 1. The second kappa shape index (κ2) is 7.91. The van der Waals surface area contributed by atoms with Crippen LogP contribution in [0.5, 0.6) is 0 Å². The first-order valence-corrected chi connectivity index (χ1v) is 10.4. The van der Waals surface area contributed by atoms with E-state index in [1.807, 2.05) is 30.5 Å². The van der Waals surface area contributed by atoms with Crippen molar-refractivity contribution in [3.05, 3.63) is 87.7 Å². The highest BCUT2D eigenvalue weighted by Gasteiger charge is 2.18. The van der Waals surface area contributed by atoms with E-state index in [2.05, 4.69) is 4.98 Å². The van der Waals surface area contributed by atoms with E-state index in [9.17, 15) is 14.0 Å². The highest BCUT2D eigenvalue weighted by atomic mass is 32.2. The van der Waals surface area contributed by atoms with Gasteiger partial charge in [0.15, 0.2) is 10.9 Å². The molecule has 2 heterocycles. The molecule has 0 atom stereocenters. The van der Waals surface area contributed by atoms with Crippen LogP contribution in [0, 0.1) is 19.7 Å². The number of aryl methyl sites for hydroxylation is 1. The van der Waals surface area contributed by atoms with Crippen molar-refractivity contribution in [2.75, 3.05) is 5.75 Å². The predicted molar refractivity (Wildman–Crippen MR) is 117 cm³/mol. The lowest BCUT2D eigenvalue weighted by Crippen LogP contribution is -2.20. The first-order chi connectivity index (χ1) is 14.4. The van der Waals surface area contributed by atoms with Crippen LogP contribution in [0.15, 0.2) is 64.5 Å². The van der Waals surface area contributed by atoms with Crippen molar-refractivity contribution < 1.29 is 9.18 Å². The van der Waals surface area contributed by atoms with Crippen LogP contribution in [0.1, 0.15) is 21.7 Å². The van der Waals surface area contributed by atoms with E-state index >= 15 is 0 Å². The van der Waals surface area contributed by atoms with Crippen LogP contribution < -0.4 is 5.56 Å². The molecule has 0 saturated carbocycles. The van der Waals surface area contributed by atoms with E-state index < -0.39 is 0 Å². The normalized spacial score (nSPS) is 11.2. The number of Topliss-reactive ketones (excluding diaryl/α,β-unsaturated/α-hetero) is 1. The molecule has 0 bridgehead atoms. The molecule has 152 valence electrons. The summed E-state index contributed by atoms with van der Waals surface area (Å²) in [7, 11) is 1.66. The zero-order valence-corrected chi connectivity index (χ0v) is 17.7. The van der Waals surface area contributed by atoms with E-state index in [0.717, 1.165) is 11.4 Å². The topological polar surface area (TPSA) is 56.9 Å². The van der Waals surface area contributed by atoms with Gasteiger partial charge in [-0.1, -0.05) is 30.0 Å². The van der Waals surface area contributed by atoms with Crippen molar-refractivity contribution in [2.24, 2.45) is 7.05 Å². The maximum atomic E-state index is 13.7. The molecule has 4 aromatic rings. The smallest absolute Gasteiger partial charge is 0.261 e. The van der Waals surface area contributed by atoms with Gasteiger partial charge in [0, 0.05) is 29.7 Å². The molecule has 7 heteroatoms. The molecule has 2 aromatic carbocycles. The van der Waals surface area contributed by atoms with Crippen molar-refractivity contribution in [1.29, 1.82) is 0 Å². The zero-order chi connectivity index (χ0) is 21.4.